The molecule has 1 aliphatic heterocycles. The summed E-state index contributed by atoms with van der Waals surface area (Å²) >= 11 is 0. The second-order valence-electron chi connectivity index (χ2n) is 11.9. The molecule has 46 heavy (non-hydrogen) atoms. The molecule has 9 aromatic rings. The van der Waals surface area contributed by atoms with Gasteiger partial charge in [-0.2, -0.15) is 0 Å². The molecule has 7 heteroatoms. The Morgan fingerprint density at radius 2 is 1.43 bits per heavy atom. The van der Waals surface area contributed by atoms with Gasteiger partial charge in [-0.1, -0.05) is 42.5 Å². The number of nitrogens with zero attached hydrogens (tertiary/aromatic N) is 4. The van der Waals surface area contributed by atoms with E-state index in [0.717, 1.165) is 78.3 Å². The van der Waals surface area contributed by atoms with Gasteiger partial charge in [-0.15, -0.1) is 0 Å². The maximum atomic E-state index is 6.78. The molecule has 0 saturated carbocycles. The van der Waals surface area contributed by atoms with Crippen LogP contribution in [0.25, 0.3) is 71.5 Å². The third kappa shape index (κ3) is 3.69. The van der Waals surface area contributed by atoms with E-state index in [1.807, 2.05) is 54.7 Å². The van der Waals surface area contributed by atoms with Crippen molar-refractivity contribution in [2.75, 3.05) is 18.6 Å². The number of rotatable bonds is 4. The number of fused-ring (bicyclic) bond motifs is 9. The largest absolute Gasteiger partial charge is 0.456 e. The van der Waals surface area contributed by atoms with E-state index in [0.29, 0.717) is 17.1 Å². The van der Waals surface area contributed by atoms with E-state index in [9.17, 15) is 0 Å². The van der Waals surface area contributed by atoms with Crippen LogP contribution in [0.1, 0.15) is 0 Å². The lowest BCUT2D eigenvalue weighted by Crippen LogP contribution is -2.21. The summed E-state index contributed by atoms with van der Waals surface area (Å²) in [5.74, 6) is 2.21. The van der Waals surface area contributed by atoms with Crippen molar-refractivity contribution in [3.8, 4) is 17.3 Å². The van der Waals surface area contributed by atoms with Gasteiger partial charge in [0.2, 0.25) is 0 Å². The fraction of sp³-hybridized carbons (Fsp3) is 0.0513. The Morgan fingerprint density at radius 1 is 0.630 bits per heavy atom. The Kier molecular flexibility index (Phi) is 5.14. The van der Waals surface area contributed by atoms with Crippen LogP contribution in [0.3, 0.4) is 0 Å². The van der Waals surface area contributed by atoms with Crippen molar-refractivity contribution in [1.82, 2.24) is 14.5 Å². The van der Waals surface area contributed by atoms with Gasteiger partial charge in [0.1, 0.15) is 28.3 Å². The number of furan rings is 2. The number of para-hydroxylation sites is 2. The molecule has 5 heterocycles. The zero-order valence-corrected chi connectivity index (χ0v) is 24.8. The molecule has 0 radical (unpaired) electrons. The zero-order valence-electron chi connectivity index (χ0n) is 24.8. The number of ether oxygens (including phenoxy) is 1. The van der Waals surface area contributed by atoms with Gasteiger partial charge in [0.15, 0.2) is 11.3 Å². The van der Waals surface area contributed by atoms with Gasteiger partial charge in [-0.3, -0.25) is 4.57 Å². The predicted octanol–water partition coefficient (Wildman–Crippen LogP) is 9.95. The van der Waals surface area contributed by atoms with Crippen LogP contribution in [0.4, 0.5) is 5.69 Å². The summed E-state index contributed by atoms with van der Waals surface area (Å²) in [7, 11) is 2.07. The van der Waals surface area contributed by atoms with Gasteiger partial charge in [-0.25, -0.2) is 4.98 Å². The molecule has 0 atom stereocenters. The van der Waals surface area contributed by atoms with Crippen molar-refractivity contribution in [3.05, 3.63) is 128 Å². The summed E-state index contributed by atoms with van der Waals surface area (Å²) in [6.07, 6.45) is 5.99. The molecule has 0 saturated heterocycles. The fourth-order valence-corrected chi connectivity index (χ4v) is 6.86. The maximum absolute atomic E-state index is 6.78. The highest BCUT2D eigenvalue weighted by atomic mass is 16.5. The number of aromatic nitrogens is 2. The third-order valence-electron chi connectivity index (χ3n) is 8.98. The van der Waals surface area contributed by atoms with E-state index >= 15 is 0 Å². The fourth-order valence-electron chi connectivity index (χ4n) is 6.86. The van der Waals surface area contributed by atoms with Crippen LogP contribution >= 0.6 is 0 Å². The topological polar surface area (TPSA) is 59.8 Å². The molecule has 220 valence electrons. The van der Waals surface area contributed by atoms with Crippen molar-refractivity contribution in [3.63, 3.8) is 0 Å². The lowest BCUT2D eigenvalue weighted by Gasteiger charge is -2.19. The summed E-state index contributed by atoms with van der Waals surface area (Å²) in [5.41, 5.74) is 6.24. The van der Waals surface area contributed by atoms with Crippen molar-refractivity contribution >= 4 is 71.4 Å². The summed E-state index contributed by atoms with van der Waals surface area (Å²) in [6, 6.07) is 37.2. The molecule has 0 N–H and O–H groups in total. The van der Waals surface area contributed by atoms with Crippen molar-refractivity contribution in [2.45, 2.75) is 0 Å². The molecule has 0 aliphatic carbocycles. The Morgan fingerprint density at radius 3 is 2.30 bits per heavy atom. The smallest absolute Gasteiger partial charge is 0.178 e. The van der Waals surface area contributed by atoms with Gasteiger partial charge in [-0.05, 0) is 48.5 Å². The molecule has 1 aliphatic rings. The molecule has 4 aromatic heterocycles. The minimum absolute atomic E-state index is 0.646. The molecule has 7 nitrogen and oxygen atoms in total. The molecule has 0 spiro atoms. The van der Waals surface area contributed by atoms with Crippen LogP contribution in [-0.2, 0) is 0 Å². The van der Waals surface area contributed by atoms with E-state index in [4.69, 9.17) is 13.6 Å². The van der Waals surface area contributed by atoms with E-state index in [1.54, 1.807) is 0 Å². The number of anilines is 1. The van der Waals surface area contributed by atoms with Crippen LogP contribution in [0.5, 0.6) is 11.5 Å². The van der Waals surface area contributed by atoms with E-state index in [-0.39, 0.29) is 0 Å². The first-order valence-electron chi connectivity index (χ1n) is 15.3. The van der Waals surface area contributed by atoms with Gasteiger partial charge in [0.25, 0.3) is 0 Å². The summed E-state index contributed by atoms with van der Waals surface area (Å²) in [6.45, 7) is 0.744. The quantitative estimate of drug-likeness (QED) is 0.201. The van der Waals surface area contributed by atoms with E-state index < -0.39 is 0 Å². The average molecular weight is 599 g/mol. The molecule has 10 rings (SSSR count). The first-order valence-corrected chi connectivity index (χ1v) is 15.3. The van der Waals surface area contributed by atoms with Crippen molar-refractivity contribution < 1.29 is 13.6 Å². The number of pyridine rings is 1. The molecular weight excluding hydrogens is 572 g/mol. The molecule has 0 unspecified atom stereocenters. The molecule has 0 fully saturated rings. The second kappa shape index (κ2) is 9.39. The average Bonchev–Trinajstić information content (AvgIpc) is 3.85. The van der Waals surface area contributed by atoms with Gasteiger partial charge in [0.05, 0.1) is 17.7 Å². The molecule has 0 amide bonds. The summed E-state index contributed by atoms with van der Waals surface area (Å²) < 4.78 is 21.7. The molecule has 5 aromatic carbocycles. The second-order valence-corrected chi connectivity index (χ2v) is 11.9. The first-order chi connectivity index (χ1) is 22.7. The van der Waals surface area contributed by atoms with Gasteiger partial charge in [0, 0.05) is 81.8 Å². The normalized spacial score (nSPS) is 13.5. The zero-order chi connectivity index (χ0) is 30.4. The van der Waals surface area contributed by atoms with Crippen LogP contribution in [0.2, 0.25) is 0 Å². The minimum Gasteiger partial charge on any atom is -0.456 e. The highest BCUT2D eigenvalue weighted by Gasteiger charge is 2.21. The Labute approximate surface area is 262 Å². The highest BCUT2D eigenvalue weighted by molar-refractivity contribution is 6.16. The van der Waals surface area contributed by atoms with Gasteiger partial charge < -0.3 is 23.4 Å². The predicted molar refractivity (Wildman–Crippen MR) is 184 cm³/mol. The lowest BCUT2D eigenvalue weighted by molar-refractivity contribution is 0.475. The monoisotopic (exact) mass is 598 g/mol. The summed E-state index contributed by atoms with van der Waals surface area (Å²) in [5, 5.41) is 6.45. The van der Waals surface area contributed by atoms with Crippen LogP contribution in [-0.4, -0.2) is 28.2 Å². The van der Waals surface area contributed by atoms with Crippen LogP contribution < -0.4 is 9.64 Å². The number of benzene rings is 5. The summed E-state index contributed by atoms with van der Waals surface area (Å²) in [4.78, 5) is 9.03. The molecule has 0 bridgehead atoms. The van der Waals surface area contributed by atoms with Crippen LogP contribution in [0.15, 0.2) is 137 Å². The van der Waals surface area contributed by atoms with Crippen molar-refractivity contribution in [1.29, 1.82) is 0 Å². The van der Waals surface area contributed by atoms with Crippen LogP contribution in [0, 0.1) is 0 Å². The third-order valence-corrected chi connectivity index (χ3v) is 8.98. The van der Waals surface area contributed by atoms with E-state index in [1.165, 1.54) is 0 Å². The SMILES string of the molecule is CN1C=CN(c2cc(Oc3ccc4c5ccccc5n(-c5ccccn5)c4c3)c3oc4cc5oc6ccccc6c5cc4c3c2)C1. The lowest BCUT2D eigenvalue weighted by atomic mass is 10.1. The highest BCUT2D eigenvalue weighted by Crippen LogP contribution is 2.44. The Bertz CT molecular complexity index is 2680. The standard InChI is InChI=1S/C39H26N4O3/c1-41-16-17-42(23-41)24-18-31-30-21-29-28-9-3-5-11-34(28)45-35(29)22-36(30)46-39(31)37(19-24)44-25-13-14-27-26-8-2-4-10-32(26)43(33(27)20-25)38-12-6-7-15-40-38/h2-22H,23H2,1H3. The molecular formula is C39H26N4O3. The number of hydrogen-bond donors (Lipinski definition) is 0. The van der Waals surface area contributed by atoms with Crippen molar-refractivity contribution in [2.24, 2.45) is 0 Å². The Balaban J connectivity index is 1.18. The maximum Gasteiger partial charge on any atom is 0.178 e. The Hall–Kier alpha value is -6.21. The van der Waals surface area contributed by atoms with E-state index in [2.05, 4.69) is 99.5 Å². The minimum atomic E-state index is 0.646. The first kappa shape index (κ1) is 25.2. The van der Waals surface area contributed by atoms with Gasteiger partial charge >= 0.3 is 0 Å². The number of hydrogen-bond acceptors (Lipinski definition) is 6.